The second-order valence-corrected chi connectivity index (χ2v) is 6.98. The quantitative estimate of drug-likeness (QED) is 0.868. The lowest BCUT2D eigenvalue weighted by molar-refractivity contribution is 0.260. The molecule has 2 N–H and O–H groups in total. The second-order valence-electron chi connectivity index (χ2n) is 5.30. The van der Waals surface area contributed by atoms with Gasteiger partial charge < -0.3 is 5.11 Å². The minimum atomic E-state index is -3.51. The highest BCUT2D eigenvalue weighted by Gasteiger charge is 2.28. The van der Waals surface area contributed by atoms with Crippen LogP contribution in [0.5, 0.6) is 0 Å². The topological polar surface area (TPSA) is 66.4 Å². The predicted molar refractivity (Wildman–Crippen MR) is 74.2 cm³/mol. The Bertz CT molecular complexity index is 550. The number of hydrogen-bond donors (Lipinski definition) is 2. The van der Waals surface area contributed by atoms with E-state index in [1.54, 1.807) is 25.1 Å². The fraction of sp³-hybridized carbons (Fsp3) is 0.571. The summed E-state index contributed by atoms with van der Waals surface area (Å²) in [5.41, 5.74) is 1.28. The van der Waals surface area contributed by atoms with Crippen LogP contribution in [0, 0.1) is 12.8 Å². The molecule has 0 aliphatic heterocycles. The molecule has 2 rings (SSSR count). The number of nitrogens with one attached hydrogen (secondary N) is 1. The standard InChI is InChI=1S/C14H21NO3S/c1-10-13(9-16)7-4-8-14(10)19(17,18)15-11(2)12-5-3-6-12/h4,7-8,11-12,15-16H,3,5-6,9H2,1-2H3. The first kappa shape index (κ1) is 14.5. The van der Waals surface area contributed by atoms with Gasteiger partial charge in [0.25, 0.3) is 0 Å². The van der Waals surface area contributed by atoms with Crippen molar-refractivity contribution in [3.8, 4) is 0 Å². The van der Waals surface area contributed by atoms with Crippen LogP contribution in [0.25, 0.3) is 0 Å². The van der Waals surface area contributed by atoms with Crippen LogP contribution in [0.4, 0.5) is 0 Å². The first-order valence-electron chi connectivity index (χ1n) is 6.67. The highest BCUT2D eigenvalue weighted by Crippen LogP contribution is 2.30. The van der Waals surface area contributed by atoms with Gasteiger partial charge in [-0.05, 0) is 49.8 Å². The first-order valence-corrected chi connectivity index (χ1v) is 8.15. The Kier molecular flexibility index (Phi) is 4.28. The van der Waals surface area contributed by atoms with Crippen LogP contribution in [0.2, 0.25) is 0 Å². The van der Waals surface area contributed by atoms with Gasteiger partial charge in [-0.2, -0.15) is 0 Å². The molecule has 0 aromatic heterocycles. The van der Waals surface area contributed by atoms with Crippen LogP contribution < -0.4 is 4.72 Å². The number of sulfonamides is 1. The molecule has 5 heteroatoms. The average molecular weight is 283 g/mol. The number of aliphatic hydroxyl groups is 1. The summed E-state index contributed by atoms with van der Waals surface area (Å²) < 4.78 is 27.5. The molecule has 19 heavy (non-hydrogen) atoms. The average Bonchev–Trinajstić information content (AvgIpc) is 2.25. The number of hydrogen-bond acceptors (Lipinski definition) is 3. The summed E-state index contributed by atoms with van der Waals surface area (Å²) in [4.78, 5) is 0.269. The number of aliphatic hydroxyl groups excluding tert-OH is 1. The van der Waals surface area contributed by atoms with Gasteiger partial charge in [-0.15, -0.1) is 0 Å². The third-order valence-electron chi connectivity index (χ3n) is 4.05. The second kappa shape index (κ2) is 5.61. The molecule has 4 nitrogen and oxygen atoms in total. The molecule has 0 amide bonds. The molecule has 0 spiro atoms. The first-order chi connectivity index (χ1) is 8.95. The van der Waals surface area contributed by atoms with Crippen molar-refractivity contribution in [2.45, 2.75) is 50.7 Å². The molecule has 1 fully saturated rings. The molecule has 1 aliphatic rings. The number of rotatable bonds is 5. The van der Waals surface area contributed by atoms with Crippen LogP contribution in [-0.4, -0.2) is 19.6 Å². The molecule has 1 aromatic carbocycles. The molecule has 0 saturated heterocycles. The van der Waals surface area contributed by atoms with Crippen molar-refractivity contribution in [1.82, 2.24) is 4.72 Å². The van der Waals surface area contributed by atoms with E-state index in [0.717, 1.165) is 12.8 Å². The molecule has 1 atom stereocenters. The zero-order valence-electron chi connectivity index (χ0n) is 11.4. The number of benzene rings is 1. The van der Waals surface area contributed by atoms with Crippen molar-refractivity contribution in [3.63, 3.8) is 0 Å². The van der Waals surface area contributed by atoms with Crippen LogP contribution in [0.15, 0.2) is 23.1 Å². The van der Waals surface area contributed by atoms with Crippen molar-refractivity contribution >= 4 is 10.0 Å². The van der Waals surface area contributed by atoms with Crippen LogP contribution in [0.3, 0.4) is 0 Å². The van der Waals surface area contributed by atoms with Gasteiger partial charge in [0, 0.05) is 6.04 Å². The summed E-state index contributed by atoms with van der Waals surface area (Å²) >= 11 is 0. The molecular weight excluding hydrogens is 262 g/mol. The highest BCUT2D eigenvalue weighted by atomic mass is 32.2. The molecular formula is C14H21NO3S. The van der Waals surface area contributed by atoms with E-state index in [-0.39, 0.29) is 17.5 Å². The van der Waals surface area contributed by atoms with Gasteiger partial charge in [0.1, 0.15) is 0 Å². The van der Waals surface area contributed by atoms with E-state index in [9.17, 15) is 13.5 Å². The summed E-state index contributed by atoms with van der Waals surface area (Å²) in [7, 11) is -3.51. The van der Waals surface area contributed by atoms with E-state index in [2.05, 4.69) is 4.72 Å². The van der Waals surface area contributed by atoms with Crippen molar-refractivity contribution < 1.29 is 13.5 Å². The molecule has 0 radical (unpaired) electrons. The molecule has 1 aromatic rings. The van der Waals surface area contributed by atoms with Gasteiger partial charge in [0.2, 0.25) is 10.0 Å². The molecule has 106 valence electrons. The Hall–Kier alpha value is -0.910. The van der Waals surface area contributed by atoms with Crippen LogP contribution >= 0.6 is 0 Å². The van der Waals surface area contributed by atoms with Gasteiger partial charge in [0.15, 0.2) is 0 Å². The largest absolute Gasteiger partial charge is 0.392 e. The van der Waals surface area contributed by atoms with Crippen LogP contribution in [-0.2, 0) is 16.6 Å². The van der Waals surface area contributed by atoms with Gasteiger partial charge in [-0.3, -0.25) is 0 Å². The van der Waals surface area contributed by atoms with Gasteiger partial charge in [-0.1, -0.05) is 18.6 Å². The lowest BCUT2D eigenvalue weighted by Gasteiger charge is -2.31. The van der Waals surface area contributed by atoms with Crippen molar-refractivity contribution in [1.29, 1.82) is 0 Å². The molecule has 1 unspecified atom stereocenters. The Morgan fingerprint density at radius 2 is 2.11 bits per heavy atom. The maximum atomic E-state index is 12.4. The fourth-order valence-electron chi connectivity index (χ4n) is 2.47. The fourth-order valence-corrected chi connectivity index (χ4v) is 4.07. The normalized spacial score (nSPS) is 18.1. The van der Waals surface area contributed by atoms with Crippen molar-refractivity contribution in [3.05, 3.63) is 29.3 Å². The molecule has 0 heterocycles. The lowest BCUT2D eigenvalue weighted by Crippen LogP contribution is -2.40. The Labute approximate surface area is 114 Å². The highest BCUT2D eigenvalue weighted by molar-refractivity contribution is 7.89. The smallest absolute Gasteiger partial charge is 0.241 e. The summed E-state index contributed by atoms with van der Waals surface area (Å²) in [5.74, 6) is 0.455. The third kappa shape index (κ3) is 2.99. The van der Waals surface area contributed by atoms with E-state index in [1.807, 2.05) is 6.92 Å². The lowest BCUT2D eigenvalue weighted by atomic mass is 9.81. The Morgan fingerprint density at radius 1 is 1.42 bits per heavy atom. The van der Waals surface area contributed by atoms with Gasteiger partial charge in [0.05, 0.1) is 11.5 Å². The van der Waals surface area contributed by atoms with E-state index in [1.165, 1.54) is 6.42 Å². The minimum Gasteiger partial charge on any atom is -0.392 e. The zero-order chi connectivity index (χ0) is 14.0. The summed E-state index contributed by atoms with van der Waals surface area (Å²) in [6.07, 6.45) is 3.38. The summed E-state index contributed by atoms with van der Waals surface area (Å²) in [6, 6.07) is 4.96. The van der Waals surface area contributed by atoms with Crippen molar-refractivity contribution in [2.75, 3.05) is 0 Å². The monoisotopic (exact) mass is 283 g/mol. The molecule has 1 aliphatic carbocycles. The van der Waals surface area contributed by atoms with E-state index < -0.39 is 10.0 Å². The molecule has 0 bridgehead atoms. The third-order valence-corrected chi connectivity index (χ3v) is 5.76. The Balaban J connectivity index is 2.23. The Morgan fingerprint density at radius 3 is 2.63 bits per heavy atom. The summed E-state index contributed by atoms with van der Waals surface area (Å²) in [6.45, 7) is 3.51. The van der Waals surface area contributed by atoms with Gasteiger partial charge in [-0.25, -0.2) is 13.1 Å². The maximum absolute atomic E-state index is 12.4. The maximum Gasteiger partial charge on any atom is 0.241 e. The molecule has 1 saturated carbocycles. The SMILES string of the molecule is Cc1c(CO)cccc1S(=O)(=O)NC(C)C1CCC1. The van der Waals surface area contributed by atoms with E-state index in [0.29, 0.717) is 17.0 Å². The zero-order valence-corrected chi connectivity index (χ0v) is 12.2. The van der Waals surface area contributed by atoms with Crippen LogP contribution in [0.1, 0.15) is 37.3 Å². The van der Waals surface area contributed by atoms with Gasteiger partial charge >= 0.3 is 0 Å². The predicted octanol–water partition coefficient (Wildman–Crippen LogP) is 1.95. The van der Waals surface area contributed by atoms with E-state index in [4.69, 9.17) is 0 Å². The van der Waals surface area contributed by atoms with Crippen molar-refractivity contribution in [2.24, 2.45) is 5.92 Å². The summed E-state index contributed by atoms with van der Waals surface area (Å²) in [5, 5.41) is 9.21. The minimum absolute atomic E-state index is 0.0315. The van der Waals surface area contributed by atoms with E-state index >= 15 is 0 Å².